The molecule has 13 atom stereocenters. The third-order valence-electron chi connectivity index (χ3n) is 12.6. The summed E-state index contributed by atoms with van der Waals surface area (Å²) in [6, 6.07) is 49.4. The first-order valence-corrected chi connectivity index (χ1v) is 23.7. The molecule has 5 aromatic carbocycles. The molecule has 5 aromatic rings. The van der Waals surface area contributed by atoms with Crippen molar-refractivity contribution in [3.8, 4) is 0 Å². The van der Waals surface area contributed by atoms with E-state index in [1.165, 1.54) is 0 Å². The van der Waals surface area contributed by atoms with E-state index in [0.717, 1.165) is 27.8 Å². The van der Waals surface area contributed by atoms with E-state index in [0.29, 0.717) is 26.4 Å². The van der Waals surface area contributed by atoms with E-state index in [4.69, 9.17) is 62.6 Å². The maximum atomic E-state index is 7.03. The van der Waals surface area contributed by atoms with Crippen molar-refractivity contribution in [3.63, 3.8) is 0 Å². The molecule has 0 aliphatic carbocycles. The number of hydrogen-bond donors (Lipinski definition) is 1. The van der Waals surface area contributed by atoms with Crippen molar-refractivity contribution in [2.45, 2.75) is 139 Å². The Morgan fingerprint density at radius 3 is 1.54 bits per heavy atom. The van der Waals surface area contributed by atoms with Crippen molar-refractivity contribution in [2.24, 2.45) is 5.73 Å². The third kappa shape index (κ3) is 12.7. The second-order valence-electron chi connectivity index (χ2n) is 18.2. The molecule has 4 aliphatic rings. The zero-order chi connectivity index (χ0) is 46.7. The molecule has 0 spiro atoms. The Hall–Kier alpha value is -4.42. The standard InChI is InChI=1S/C55H64NO12/c1-37-47(66-53-51(62-33-42-27-17-8-18-28-42)49(61-32-41-25-15-7-16-26-41)44(35-63-53)58-30-39-21-11-5-12-22-39)50-52(68-55(2,3)67-50)54(64-37)65-45-36-59-43(34-57-29-38-19-9-4-10-20-38)46(56)48(45)60-31-40-23-13-6-14-24-40/h4-28,36-37,43-54H,29-35,56H2,1-3H3/t37-,43+,44+,45+,46-,47-,48+,49-,50+,51+,52+,53-,54-/m0/s1. The predicted molar refractivity (Wildman–Crippen MR) is 251 cm³/mol. The van der Waals surface area contributed by atoms with E-state index in [1.807, 2.05) is 172 Å². The number of benzene rings is 5. The zero-order valence-electron chi connectivity index (χ0n) is 38.9. The minimum Gasteiger partial charge on any atom is -0.374 e. The van der Waals surface area contributed by atoms with E-state index < -0.39 is 85.4 Å². The molecule has 0 amide bonds. The molecule has 0 aromatic heterocycles. The molecule has 4 fully saturated rings. The molecule has 0 bridgehead atoms. The van der Waals surface area contributed by atoms with Crippen LogP contribution in [0.3, 0.4) is 0 Å². The molecule has 1 radical (unpaired) electrons. The van der Waals surface area contributed by atoms with Crippen molar-refractivity contribution < 1.29 is 56.8 Å². The molecular formula is C55H64NO12. The number of fused-ring (bicyclic) bond motifs is 1. The molecule has 0 saturated carbocycles. The molecule has 13 heteroatoms. The summed E-state index contributed by atoms with van der Waals surface area (Å²) in [6.07, 6.45) is -8.11. The molecule has 2 N–H and O–H groups in total. The van der Waals surface area contributed by atoms with Gasteiger partial charge < -0.3 is 62.6 Å². The highest BCUT2D eigenvalue weighted by Gasteiger charge is 2.58. The molecule has 13 nitrogen and oxygen atoms in total. The fourth-order valence-corrected chi connectivity index (χ4v) is 9.09. The van der Waals surface area contributed by atoms with E-state index in [2.05, 4.69) is 0 Å². The van der Waals surface area contributed by atoms with Crippen LogP contribution in [0.15, 0.2) is 152 Å². The lowest BCUT2D eigenvalue weighted by molar-refractivity contribution is -0.349. The minimum atomic E-state index is -1.01. The van der Waals surface area contributed by atoms with Crippen molar-refractivity contribution in [3.05, 3.63) is 186 Å². The second kappa shape index (κ2) is 23.5. The van der Waals surface area contributed by atoms with Crippen LogP contribution >= 0.6 is 0 Å². The quantitative estimate of drug-likeness (QED) is 0.0813. The van der Waals surface area contributed by atoms with Gasteiger partial charge in [-0.1, -0.05) is 152 Å². The molecule has 4 heterocycles. The Bertz CT molecular complexity index is 2230. The SMILES string of the molecule is C[C@@H]1O[C@@H](O[C@@H]2[CH]O[C@H](COCc3ccccc3)[C@H](N)[C@@H]2OCc2ccccc2)[C@@H]2OC(C)(C)O[C@@H]2[C@H]1O[C@@H]1OC[C@@H](OCc2ccccc2)[C@H](OCc2ccccc2)[C@H]1OCc1ccccc1. The summed E-state index contributed by atoms with van der Waals surface area (Å²) in [5, 5.41) is 0. The van der Waals surface area contributed by atoms with Crippen LogP contribution < -0.4 is 5.73 Å². The van der Waals surface area contributed by atoms with Gasteiger partial charge in [0.25, 0.3) is 0 Å². The van der Waals surface area contributed by atoms with Gasteiger partial charge in [0, 0.05) is 0 Å². The Kier molecular flexibility index (Phi) is 16.8. The third-order valence-corrected chi connectivity index (χ3v) is 12.6. The van der Waals surface area contributed by atoms with Crippen LogP contribution in [0.4, 0.5) is 0 Å². The number of rotatable bonds is 20. The molecular weight excluding hydrogens is 867 g/mol. The van der Waals surface area contributed by atoms with Gasteiger partial charge >= 0.3 is 0 Å². The van der Waals surface area contributed by atoms with Crippen molar-refractivity contribution in [2.75, 3.05) is 13.2 Å². The summed E-state index contributed by atoms with van der Waals surface area (Å²) in [6.45, 7) is 9.46. The summed E-state index contributed by atoms with van der Waals surface area (Å²) in [5.74, 6) is -1.01. The lowest BCUT2D eigenvalue weighted by Gasteiger charge is -2.47. The van der Waals surface area contributed by atoms with Gasteiger partial charge in [0.05, 0.1) is 64.5 Å². The molecule has 0 unspecified atom stereocenters. The number of nitrogens with two attached hydrogens (primary N) is 1. The summed E-state index contributed by atoms with van der Waals surface area (Å²) < 4.78 is 79.6. The van der Waals surface area contributed by atoms with Crippen LogP contribution in [0.5, 0.6) is 0 Å². The Morgan fingerprint density at radius 1 is 0.529 bits per heavy atom. The maximum Gasteiger partial charge on any atom is 0.187 e. The molecule has 9 rings (SSSR count). The zero-order valence-corrected chi connectivity index (χ0v) is 38.9. The van der Waals surface area contributed by atoms with Crippen molar-refractivity contribution in [1.29, 1.82) is 0 Å². The van der Waals surface area contributed by atoms with Crippen LogP contribution in [-0.2, 0) is 89.9 Å². The Balaban J connectivity index is 0.928. The normalized spacial score (nSPS) is 31.3. The molecule has 4 aliphatic heterocycles. The van der Waals surface area contributed by atoms with Gasteiger partial charge in [-0.05, 0) is 48.6 Å². The van der Waals surface area contributed by atoms with Gasteiger partial charge in [-0.2, -0.15) is 0 Å². The van der Waals surface area contributed by atoms with Crippen LogP contribution in [-0.4, -0.2) is 98.7 Å². The molecule has 361 valence electrons. The monoisotopic (exact) mass is 930 g/mol. The first-order chi connectivity index (χ1) is 33.3. The first-order valence-electron chi connectivity index (χ1n) is 23.7. The molecule has 4 saturated heterocycles. The average Bonchev–Trinajstić information content (AvgIpc) is 3.70. The fraction of sp³-hybridized carbons (Fsp3) is 0.436. The second-order valence-corrected chi connectivity index (χ2v) is 18.2. The van der Waals surface area contributed by atoms with E-state index in [-0.39, 0.29) is 19.8 Å². The molecule has 68 heavy (non-hydrogen) atoms. The lowest BCUT2D eigenvalue weighted by atomic mass is 9.96. The van der Waals surface area contributed by atoms with Gasteiger partial charge in [-0.25, -0.2) is 0 Å². The van der Waals surface area contributed by atoms with Crippen LogP contribution in [0.25, 0.3) is 0 Å². The van der Waals surface area contributed by atoms with Gasteiger partial charge in [0.1, 0.15) is 55.4 Å². The van der Waals surface area contributed by atoms with E-state index in [1.54, 1.807) is 6.61 Å². The largest absolute Gasteiger partial charge is 0.374 e. The van der Waals surface area contributed by atoms with Crippen LogP contribution in [0.1, 0.15) is 48.6 Å². The predicted octanol–water partition coefficient (Wildman–Crippen LogP) is 7.82. The topological polar surface area (TPSA) is 137 Å². The van der Waals surface area contributed by atoms with Crippen molar-refractivity contribution >= 4 is 0 Å². The van der Waals surface area contributed by atoms with Crippen molar-refractivity contribution in [1.82, 2.24) is 0 Å². The summed E-state index contributed by atoms with van der Waals surface area (Å²) in [4.78, 5) is 0. The highest BCUT2D eigenvalue weighted by molar-refractivity contribution is 5.17. The highest BCUT2D eigenvalue weighted by atomic mass is 16.8. The Morgan fingerprint density at radius 2 is 1.00 bits per heavy atom. The smallest absolute Gasteiger partial charge is 0.187 e. The number of ether oxygens (including phenoxy) is 12. The summed E-state index contributed by atoms with van der Waals surface area (Å²) in [5.41, 5.74) is 12.1. The number of hydrogen-bond acceptors (Lipinski definition) is 13. The lowest BCUT2D eigenvalue weighted by Crippen LogP contribution is -2.64. The van der Waals surface area contributed by atoms with Gasteiger partial charge in [0.2, 0.25) is 0 Å². The van der Waals surface area contributed by atoms with Gasteiger partial charge in [0.15, 0.2) is 18.4 Å². The average molecular weight is 931 g/mol. The summed E-state index contributed by atoms with van der Waals surface area (Å²) in [7, 11) is 0. The fourth-order valence-electron chi connectivity index (χ4n) is 9.09. The van der Waals surface area contributed by atoms with Crippen LogP contribution in [0, 0.1) is 6.61 Å². The first kappa shape index (κ1) is 48.6. The Labute approximate surface area is 399 Å². The maximum absolute atomic E-state index is 7.03. The minimum absolute atomic E-state index is 0.188. The van der Waals surface area contributed by atoms with Gasteiger partial charge in [-0.3, -0.25) is 0 Å². The van der Waals surface area contributed by atoms with E-state index in [9.17, 15) is 0 Å². The highest BCUT2D eigenvalue weighted by Crippen LogP contribution is 2.42. The van der Waals surface area contributed by atoms with Gasteiger partial charge in [-0.15, -0.1) is 0 Å². The summed E-state index contributed by atoms with van der Waals surface area (Å²) >= 11 is 0. The van der Waals surface area contributed by atoms with E-state index >= 15 is 0 Å². The van der Waals surface area contributed by atoms with Crippen LogP contribution in [0.2, 0.25) is 0 Å².